The minimum Gasteiger partial charge on any atom is -0.366 e. The fourth-order valence-corrected chi connectivity index (χ4v) is 4.48. The molecule has 4 rings (SSSR count). The second kappa shape index (κ2) is 7.69. The molecule has 2 aliphatic heterocycles. The Bertz CT molecular complexity index is 853. The number of piperazine rings is 1. The number of carbonyl (C=O) groups excluding carboxylic acids is 1. The van der Waals surface area contributed by atoms with Crippen molar-refractivity contribution in [2.24, 2.45) is 5.41 Å². The molecule has 0 aliphatic carbocycles. The fraction of sp³-hybridized carbons (Fsp3) is 0.458. The summed E-state index contributed by atoms with van der Waals surface area (Å²) >= 11 is 0. The van der Waals surface area contributed by atoms with E-state index in [4.69, 9.17) is 0 Å². The number of nitrogens with zero attached hydrogens (tertiary/aromatic N) is 2. The van der Waals surface area contributed by atoms with Gasteiger partial charge in [-0.05, 0) is 36.1 Å². The predicted octanol–water partition coefficient (Wildman–Crippen LogP) is 3.85. The number of benzene rings is 2. The Hall–Kier alpha value is -2.17. The van der Waals surface area contributed by atoms with Crippen molar-refractivity contribution in [1.29, 1.82) is 0 Å². The van der Waals surface area contributed by atoms with E-state index >= 15 is 0 Å². The molecule has 2 aromatic rings. The highest BCUT2D eigenvalue weighted by Crippen LogP contribution is 2.35. The van der Waals surface area contributed by atoms with Crippen LogP contribution in [0.2, 0.25) is 0 Å². The highest BCUT2D eigenvalue weighted by atomic mass is 16.1. The molecule has 4 nitrogen and oxygen atoms in total. The summed E-state index contributed by atoms with van der Waals surface area (Å²) in [7, 11) is 0. The molecule has 0 saturated carbocycles. The average molecular weight is 378 g/mol. The average Bonchev–Trinajstić information content (AvgIpc) is 2.84. The minimum atomic E-state index is -0.272. The molecule has 1 N–H and O–H groups in total. The van der Waals surface area contributed by atoms with E-state index in [2.05, 4.69) is 64.5 Å². The maximum atomic E-state index is 11.3. The topological polar surface area (TPSA) is 35.6 Å². The summed E-state index contributed by atoms with van der Waals surface area (Å²) in [6.45, 7) is 11.1. The van der Waals surface area contributed by atoms with Gasteiger partial charge in [0, 0.05) is 43.8 Å². The van der Waals surface area contributed by atoms with Gasteiger partial charge in [-0.1, -0.05) is 55.8 Å². The Morgan fingerprint density at radius 3 is 2.57 bits per heavy atom. The number of anilines is 1. The van der Waals surface area contributed by atoms with Gasteiger partial charge in [0.2, 0.25) is 0 Å². The van der Waals surface area contributed by atoms with E-state index in [9.17, 15) is 4.79 Å². The van der Waals surface area contributed by atoms with Crippen LogP contribution in [0.3, 0.4) is 0 Å². The van der Waals surface area contributed by atoms with Crippen LogP contribution in [-0.2, 0) is 11.2 Å². The third kappa shape index (κ3) is 3.98. The predicted molar refractivity (Wildman–Crippen MR) is 115 cm³/mol. The molecule has 0 bridgehead atoms. The van der Waals surface area contributed by atoms with Crippen molar-refractivity contribution < 1.29 is 4.79 Å². The normalized spacial score (nSPS) is 20.6. The smallest absolute Gasteiger partial charge is 0.126 e. The van der Waals surface area contributed by atoms with Crippen LogP contribution in [0.5, 0.6) is 0 Å². The van der Waals surface area contributed by atoms with Gasteiger partial charge >= 0.3 is 0 Å². The van der Waals surface area contributed by atoms with Crippen molar-refractivity contribution in [2.45, 2.75) is 33.4 Å². The Morgan fingerprint density at radius 2 is 1.82 bits per heavy atom. The largest absolute Gasteiger partial charge is 0.366 e. The lowest BCUT2D eigenvalue weighted by atomic mass is 9.94. The molecule has 4 heteroatoms. The van der Waals surface area contributed by atoms with Gasteiger partial charge in [0.15, 0.2) is 0 Å². The molecule has 0 radical (unpaired) electrons. The number of fused-ring (bicyclic) bond motifs is 2. The molecular formula is C24H31N3O. The van der Waals surface area contributed by atoms with E-state index in [1.807, 2.05) is 13.8 Å². The third-order valence-electron chi connectivity index (χ3n) is 6.01. The summed E-state index contributed by atoms with van der Waals surface area (Å²) in [6, 6.07) is 15.5. The highest BCUT2D eigenvalue weighted by molar-refractivity contribution is 5.59. The van der Waals surface area contributed by atoms with E-state index in [0.29, 0.717) is 0 Å². The van der Waals surface area contributed by atoms with E-state index in [1.165, 1.54) is 27.9 Å². The highest BCUT2D eigenvalue weighted by Gasteiger charge is 2.30. The lowest BCUT2D eigenvalue weighted by Crippen LogP contribution is -2.51. The van der Waals surface area contributed by atoms with Crippen molar-refractivity contribution in [3.8, 4) is 0 Å². The molecule has 1 unspecified atom stereocenters. The molecule has 0 spiro atoms. The zero-order valence-electron chi connectivity index (χ0n) is 17.2. The van der Waals surface area contributed by atoms with Gasteiger partial charge in [0.05, 0.1) is 0 Å². The number of carbonyl (C=O) groups is 1. The molecule has 2 aromatic carbocycles. The molecular weight excluding hydrogens is 346 g/mol. The minimum absolute atomic E-state index is 0.195. The zero-order valence-corrected chi connectivity index (χ0v) is 17.2. The molecule has 1 saturated heterocycles. The van der Waals surface area contributed by atoms with Crippen LogP contribution in [-0.4, -0.2) is 48.8 Å². The zero-order chi connectivity index (χ0) is 19.7. The van der Waals surface area contributed by atoms with Crippen molar-refractivity contribution >= 4 is 12.0 Å². The molecule has 0 aromatic heterocycles. The lowest BCUT2D eigenvalue weighted by molar-refractivity contribution is -0.115. The van der Waals surface area contributed by atoms with Gasteiger partial charge in [0.25, 0.3) is 0 Å². The summed E-state index contributed by atoms with van der Waals surface area (Å²) in [4.78, 5) is 16.3. The Balaban J connectivity index is 1.57. The van der Waals surface area contributed by atoms with Gasteiger partial charge in [0.1, 0.15) is 12.5 Å². The van der Waals surface area contributed by atoms with Crippen molar-refractivity contribution in [3.05, 3.63) is 64.7 Å². The first-order valence-electron chi connectivity index (χ1n) is 10.3. The maximum absolute atomic E-state index is 11.3. The van der Waals surface area contributed by atoms with Gasteiger partial charge in [-0.15, -0.1) is 0 Å². The number of aryl methyl sites for hydroxylation is 1. The molecule has 28 heavy (non-hydrogen) atoms. The number of aldehydes is 1. The first-order chi connectivity index (χ1) is 13.4. The van der Waals surface area contributed by atoms with Crippen LogP contribution >= 0.6 is 0 Å². The molecule has 1 atom stereocenters. The number of nitrogens with one attached hydrogen (secondary N) is 1. The fourth-order valence-electron chi connectivity index (χ4n) is 4.48. The van der Waals surface area contributed by atoms with E-state index in [0.717, 1.165) is 45.4 Å². The summed E-state index contributed by atoms with van der Waals surface area (Å²) < 4.78 is 0. The molecule has 0 amide bonds. The second-order valence-electron chi connectivity index (χ2n) is 9.00. The van der Waals surface area contributed by atoms with Crippen LogP contribution < -0.4 is 5.32 Å². The first kappa shape index (κ1) is 19.2. The molecule has 2 aliphatic rings. The second-order valence-corrected chi connectivity index (χ2v) is 9.00. The van der Waals surface area contributed by atoms with E-state index in [1.54, 1.807) is 0 Å². The number of hydrogen-bond donors (Lipinski definition) is 1. The molecule has 148 valence electrons. The summed E-state index contributed by atoms with van der Waals surface area (Å²) in [5.74, 6) is 0. The third-order valence-corrected chi connectivity index (χ3v) is 6.01. The lowest BCUT2D eigenvalue weighted by Gasteiger charge is -2.41. The van der Waals surface area contributed by atoms with Gasteiger partial charge in [-0.3, -0.25) is 9.80 Å². The molecule has 1 fully saturated rings. The van der Waals surface area contributed by atoms with Gasteiger partial charge in [-0.25, -0.2) is 0 Å². The monoisotopic (exact) mass is 377 g/mol. The van der Waals surface area contributed by atoms with Crippen LogP contribution in [0.25, 0.3) is 0 Å². The van der Waals surface area contributed by atoms with Crippen molar-refractivity contribution in [2.75, 3.05) is 38.0 Å². The van der Waals surface area contributed by atoms with Gasteiger partial charge in [-0.2, -0.15) is 0 Å². The van der Waals surface area contributed by atoms with Gasteiger partial charge < -0.3 is 10.1 Å². The van der Waals surface area contributed by atoms with Crippen LogP contribution in [0.15, 0.2) is 42.5 Å². The van der Waals surface area contributed by atoms with Crippen LogP contribution in [0.1, 0.15) is 42.3 Å². The Kier molecular flexibility index (Phi) is 5.26. The first-order valence-corrected chi connectivity index (χ1v) is 10.3. The number of para-hydroxylation sites is 1. The standard InChI is InChI=1S/C24H31N3O/c1-18-8-9-21-20(14-18)15-19-6-4-5-7-22(19)25-23(21)27-12-10-26(11-13-27)16-24(2,3)17-28/h4-9,14,17,23,25H,10-13,15-16H2,1-3H3. The summed E-state index contributed by atoms with van der Waals surface area (Å²) in [5, 5.41) is 3.83. The van der Waals surface area contributed by atoms with Crippen molar-refractivity contribution in [3.63, 3.8) is 0 Å². The number of hydrogen-bond acceptors (Lipinski definition) is 4. The van der Waals surface area contributed by atoms with E-state index in [-0.39, 0.29) is 11.6 Å². The van der Waals surface area contributed by atoms with E-state index < -0.39 is 0 Å². The summed E-state index contributed by atoms with van der Waals surface area (Å²) in [6.07, 6.45) is 2.26. The molecule has 2 heterocycles. The maximum Gasteiger partial charge on any atom is 0.126 e. The Labute approximate surface area is 168 Å². The van der Waals surface area contributed by atoms with Crippen molar-refractivity contribution in [1.82, 2.24) is 9.80 Å². The van der Waals surface area contributed by atoms with Crippen LogP contribution in [0, 0.1) is 12.3 Å². The summed E-state index contributed by atoms with van der Waals surface area (Å²) in [5.41, 5.74) is 6.47. The Morgan fingerprint density at radius 1 is 1.07 bits per heavy atom. The SMILES string of the molecule is Cc1ccc2c(c1)Cc1ccccc1NC2N1CCN(CC(C)(C)C=O)CC1. The number of rotatable bonds is 4. The quantitative estimate of drug-likeness (QED) is 0.821. The van der Waals surface area contributed by atoms with Crippen LogP contribution in [0.4, 0.5) is 5.69 Å².